The zero-order valence-corrected chi connectivity index (χ0v) is 6.66. The van der Waals surface area contributed by atoms with Crippen LogP contribution in [-0.2, 0) is 4.74 Å². The van der Waals surface area contributed by atoms with E-state index in [-0.39, 0.29) is 26.0 Å². The molecule has 0 aromatic rings. The first-order valence-electron chi connectivity index (χ1n) is 3.93. The summed E-state index contributed by atoms with van der Waals surface area (Å²) < 4.78 is 41.5. The van der Waals surface area contributed by atoms with E-state index in [1.54, 1.807) is 0 Å². The molecule has 0 aromatic heterocycles. The van der Waals surface area contributed by atoms with Crippen LogP contribution in [0.5, 0.6) is 0 Å². The third kappa shape index (κ3) is 1.56. The minimum absolute atomic E-state index is 0.00694. The maximum absolute atomic E-state index is 12.3. The van der Waals surface area contributed by atoms with Crippen LogP contribution in [-0.4, -0.2) is 24.9 Å². The van der Waals surface area contributed by atoms with Crippen molar-refractivity contribution in [1.29, 1.82) is 0 Å². The van der Waals surface area contributed by atoms with Gasteiger partial charge in [0.25, 0.3) is 0 Å². The van der Waals surface area contributed by atoms with Crippen LogP contribution in [0.4, 0.5) is 13.2 Å². The Kier molecular flexibility index (Phi) is 2.63. The molecule has 0 aliphatic carbocycles. The maximum Gasteiger partial charge on any atom is 0.417 e. The Morgan fingerprint density at radius 1 is 1.42 bits per heavy atom. The highest BCUT2D eigenvalue weighted by Crippen LogP contribution is 2.45. The molecule has 1 fully saturated rings. The fourth-order valence-electron chi connectivity index (χ4n) is 1.30. The lowest BCUT2D eigenvalue weighted by atomic mass is 9.89. The number of hydrogen-bond acceptors (Lipinski definition) is 2. The first-order valence-corrected chi connectivity index (χ1v) is 3.93. The molecule has 1 heterocycles. The molecule has 1 unspecified atom stereocenters. The second-order valence-corrected chi connectivity index (χ2v) is 2.98. The van der Waals surface area contributed by atoms with Crippen molar-refractivity contribution >= 4 is 0 Å². The summed E-state index contributed by atoms with van der Waals surface area (Å²) >= 11 is 0. The van der Waals surface area contributed by atoms with E-state index >= 15 is 0 Å². The van der Waals surface area contributed by atoms with Gasteiger partial charge in [-0.1, -0.05) is 0 Å². The van der Waals surface area contributed by atoms with Crippen molar-refractivity contribution in [2.24, 2.45) is 5.73 Å². The monoisotopic (exact) mass is 183 g/mol. The van der Waals surface area contributed by atoms with Gasteiger partial charge in [-0.25, -0.2) is 0 Å². The van der Waals surface area contributed by atoms with Crippen LogP contribution in [0.25, 0.3) is 0 Å². The Morgan fingerprint density at radius 3 is 2.25 bits per heavy atom. The van der Waals surface area contributed by atoms with Crippen LogP contribution in [0.2, 0.25) is 0 Å². The maximum atomic E-state index is 12.3. The number of alkyl halides is 3. The van der Waals surface area contributed by atoms with Crippen molar-refractivity contribution in [2.75, 3.05) is 13.2 Å². The largest absolute Gasteiger partial charge is 0.417 e. The fraction of sp³-hybridized carbons (Fsp3) is 1.00. The summed E-state index contributed by atoms with van der Waals surface area (Å²) in [5.74, 6) is 0. The van der Waals surface area contributed by atoms with E-state index in [0.717, 1.165) is 0 Å². The highest BCUT2D eigenvalue weighted by atomic mass is 19.4. The van der Waals surface area contributed by atoms with Gasteiger partial charge in [0.1, 0.15) is 0 Å². The molecule has 12 heavy (non-hydrogen) atoms. The van der Waals surface area contributed by atoms with E-state index in [9.17, 15) is 13.2 Å². The van der Waals surface area contributed by atoms with Crippen molar-refractivity contribution in [2.45, 2.75) is 31.0 Å². The third-order valence-corrected chi connectivity index (χ3v) is 2.19. The minimum atomic E-state index is -4.24. The Morgan fingerprint density at radius 2 is 2.00 bits per heavy atom. The van der Waals surface area contributed by atoms with Crippen molar-refractivity contribution < 1.29 is 17.9 Å². The lowest BCUT2D eigenvalue weighted by Crippen LogP contribution is -2.55. The summed E-state index contributed by atoms with van der Waals surface area (Å²) in [5, 5.41) is 0. The van der Waals surface area contributed by atoms with Gasteiger partial charge in [-0.2, -0.15) is 13.2 Å². The highest BCUT2D eigenvalue weighted by molar-refractivity contribution is 4.94. The van der Waals surface area contributed by atoms with Gasteiger partial charge in [0, 0.05) is 6.42 Å². The molecule has 5 heteroatoms. The molecule has 0 radical (unpaired) electrons. The number of halogens is 3. The summed E-state index contributed by atoms with van der Waals surface area (Å²) in [6.07, 6.45) is -3.80. The van der Waals surface area contributed by atoms with Gasteiger partial charge in [-0.3, -0.25) is 0 Å². The average Bonchev–Trinajstić information content (AvgIpc) is 1.82. The molecule has 2 N–H and O–H groups in total. The zero-order chi connectivity index (χ0) is 9.24. The predicted octanol–water partition coefficient (Wildman–Crippen LogP) is 1.45. The van der Waals surface area contributed by atoms with E-state index in [4.69, 9.17) is 5.73 Å². The molecule has 0 spiro atoms. The number of ether oxygens (including phenoxy) is 1. The Hall–Kier alpha value is -0.290. The topological polar surface area (TPSA) is 35.2 Å². The SMILES string of the molecule is NCCCC1(C(F)(F)F)CCO1. The third-order valence-electron chi connectivity index (χ3n) is 2.19. The van der Waals surface area contributed by atoms with E-state index < -0.39 is 11.8 Å². The summed E-state index contributed by atoms with van der Waals surface area (Å²) in [6.45, 7) is 0.491. The van der Waals surface area contributed by atoms with Gasteiger partial charge in [0.05, 0.1) is 6.61 Å². The number of nitrogens with two attached hydrogens (primary N) is 1. The Balaban J connectivity index is 2.51. The molecular weight excluding hydrogens is 171 g/mol. The molecule has 1 atom stereocenters. The van der Waals surface area contributed by atoms with Crippen molar-refractivity contribution in [3.63, 3.8) is 0 Å². The van der Waals surface area contributed by atoms with Crippen LogP contribution < -0.4 is 5.73 Å². The quantitative estimate of drug-likeness (QED) is 0.718. The Labute approximate surface area is 68.9 Å². The standard InChI is InChI=1S/C7H12F3NO/c8-7(9,10)6(2-1-4-11)3-5-12-6/h1-5,11H2. The van der Waals surface area contributed by atoms with Crippen LogP contribution >= 0.6 is 0 Å². The lowest BCUT2D eigenvalue weighted by molar-refractivity contribution is -0.327. The second-order valence-electron chi connectivity index (χ2n) is 2.98. The Bertz CT molecular complexity index is 153. The molecular formula is C7H12F3NO. The van der Waals surface area contributed by atoms with Crippen LogP contribution in [0, 0.1) is 0 Å². The van der Waals surface area contributed by atoms with Gasteiger partial charge >= 0.3 is 6.18 Å². The van der Waals surface area contributed by atoms with E-state index in [1.165, 1.54) is 0 Å². The fourth-order valence-corrected chi connectivity index (χ4v) is 1.30. The van der Waals surface area contributed by atoms with Gasteiger partial charge in [0.15, 0.2) is 5.60 Å². The predicted molar refractivity (Wildman–Crippen MR) is 37.6 cm³/mol. The molecule has 1 aliphatic rings. The summed E-state index contributed by atoms with van der Waals surface area (Å²) in [6, 6.07) is 0. The lowest BCUT2D eigenvalue weighted by Gasteiger charge is -2.43. The van der Waals surface area contributed by atoms with Crippen molar-refractivity contribution in [3.05, 3.63) is 0 Å². The average molecular weight is 183 g/mol. The van der Waals surface area contributed by atoms with E-state index in [1.807, 2.05) is 0 Å². The van der Waals surface area contributed by atoms with Gasteiger partial charge < -0.3 is 10.5 Å². The van der Waals surface area contributed by atoms with Gasteiger partial charge in [0.2, 0.25) is 0 Å². The first kappa shape index (κ1) is 9.80. The van der Waals surface area contributed by atoms with E-state index in [0.29, 0.717) is 6.42 Å². The number of rotatable bonds is 3. The molecule has 0 saturated carbocycles. The van der Waals surface area contributed by atoms with Crippen LogP contribution in [0.1, 0.15) is 19.3 Å². The van der Waals surface area contributed by atoms with Crippen LogP contribution in [0.15, 0.2) is 0 Å². The van der Waals surface area contributed by atoms with Gasteiger partial charge in [-0.15, -0.1) is 0 Å². The molecule has 0 bridgehead atoms. The highest BCUT2D eigenvalue weighted by Gasteiger charge is 2.59. The summed E-state index contributed by atoms with van der Waals surface area (Å²) in [7, 11) is 0. The molecule has 1 saturated heterocycles. The molecule has 0 amide bonds. The number of hydrogen-bond donors (Lipinski definition) is 1. The van der Waals surface area contributed by atoms with Crippen molar-refractivity contribution in [1.82, 2.24) is 0 Å². The summed E-state index contributed by atoms with van der Waals surface area (Å²) in [4.78, 5) is 0. The van der Waals surface area contributed by atoms with Gasteiger partial charge in [-0.05, 0) is 19.4 Å². The van der Waals surface area contributed by atoms with Crippen LogP contribution in [0.3, 0.4) is 0 Å². The van der Waals surface area contributed by atoms with Crippen molar-refractivity contribution in [3.8, 4) is 0 Å². The smallest absolute Gasteiger partial charge is 0.365 e. The second kappa shape index (κ2) is 3.22. The summed E-state index contributed by atoms with van der Waals surface area (Å²) in [5.41, 5.74) is 3.27. The molecule has 1 rings (SSSR count). The molecule has 1 aliphatic heterocycles. The minimum Gasteiger partial charge on any atom is -0.365 e. The van der Waals surface area contributed by atoms with E-state index in [2.05, 4.69) is 4.74 Å². The first-order chi connectivity index (χ1) is 5.52. The molecule has 2 nitrogen and oxygen atoms in total. The zero-order valence-electron chi connectivity index (χ0n) is 6.66. The molecule has 72 valence electrons. The normalized spacial score (nSPS) is 30.0. The molecule has 0 aromatic carbocycles.